The molecule has 0 spiro atoms. The van der Waals surface area contributed by atoms with E-state index in [1.165, 1.54) is 19.2 Å². The highest BCUT2D eigenvalue weighted by Crippen LogP contribution is 2.34. The van der Waals surface area contributed by atoms with Gasteiger partial charge in [-0.3, -0.25) is 0 Å². The van der Waals surface area contributed by atoms with E-state index in [2.05, 4.69) is 20.7 Å². The number of hydrogen-bond donors (Lipinski definition) is 3. The van der Waals surface area contributed by atoms with Gasteiger partial charge in [0.25, 0.3) is 0 Å². The van der Waals surface area contributed by atoms with Crippen LogP contribution in [0.4, 0.5) is 18.4 Å². The summed E-state index contributed by atoms with van der Waals surface area (Å²) in [4.78, 5) is 26.4. The predicted molar refractivity (Wildman–Crippen MR) is 134 cm³/mol. The number of rotatable bonds is 11. The third-order valence-corrected chi connectivity index (χ3v) is 6.98. The van der Waals surface area contributed by atoms with Crippen molar-refractivity contribution in [3.63, 3.8) is 0 Å². The van der Waals surface area contributed by atoms with Gasteiger partial charge in [-0.1, -0.05) is 0 Å². The number of halogens is 2. The minimum atomic E-state index is -0.690. The SMILES string of the molecule is CNCC(CC1CCOCC1)NC(=O)N1CCCC(C(OCCNC(=O)OC)c2cc(F)cc(F)c2)C1. The number of piperidine rings is 1. The molecule has 0 aliphatic carbocycles. The van der Waals surface area contributed by atoms with Crippen LogP contribution in [0.25, 0.3) is 0 Å². The Kier molecular flexibility index (Phi) is 11.8. The first kappa shape index (κ1) is 29.1. The zero-order valence-corrected chi connectivity index (χ0v) is 21.8. The zero-order chi connectivity index (χ0) is 26.6. The molecule has 2 saturated heterocycles. The first-order valence-electron chi connectivity index (χ1n) is 13.1. The number of urea groups is 1. The Hall–Kier alpha value is -2.50. The van der Waals surface area contributed by atoms with E-state index in [0.29, 0.717) is 31.1 Å². The van der Waals surface area contributed by atoms with E-state index in [-0.39, 0.29) is 31.1 Å². The quantitative estimate of drug-likeness (QED) is 0.383. The second kappa shape index (κ2) is 15.0. The van der Waals surface area contributed by atoms with Crippen LogP contribution in [0.3, 0.4) is 0 Å². The number of amides is 3. The van der Waals surface area contributed by atoms with Gasteiger partial charge in [0, 0.05) is 57.4 Å². The first-order valence-corrected chi connectivity index (χ1v) is 13.1. The van der Waals surface area contributed by atoms with Crippen LogP contribution in [-0.4, -0.2) is 83.2 Å². The molecule has 9 nitrogen and oxygen atoms in total. The summed E-state index contributed by atoms with van der Waals surface area (Å²) in [6, 6.07) is 3.19. The predicted octanol–water partition coefficient (Wildman–Crippen LogP) is 3.20. The summed E-state index contributed by atoms with van der Waals surface area (Å²) < 4.78 is 44.2. The Bertz CT molecular complexity index is 851. The highest BCUT2D eigenvalue weighted by Gasteiger charge is 2.32. The topological polar surface area (TPSA) is 101 Å². The second-order valence-corrected chi connectivity index (χ2v) is 9.76. The number of hydrogen-bond acceptors (Lipinski definition) is 6. The maximum absolute atomic E-state index is 14.1. The van der Waals surface area contributed by atoms with Crippen LogP contribution < -0.4 is 16.0 Å². The average Bonchev–Trinajstić information content (AvgIpc) is 2.88. The lowest BCUT2D eigenvalue weighted by atomic mass is 9.88. The molecule has 3 amide bonds. The summed E-state index contributed by atoms with van der Waals surface area (Å²) in [6.07, 6.45) is 3.12. The number of carbonyl (C=O) groups excluding carboxylic acids is 2. The van der Waals surface area contributed by atoms with E-state index in [1.54, 1.807) is 4.90 Å². The number of likely N-dealkylation sites (tertiary alicyclic amines) is 1. The molecule has 3 unspecified atom stereocenters. The van der Waals surface area contributed by atoms with Gasteiger partial charge >= 0.3 is 12.1 Å². The highest BCUT2D eigenvalue weighted by atomic mass is 19.1. The normalized spacial score (nSPS) is 20.2. The molecule has 2 aliphatic heterocycles. The Morgan fingerprint density at radius 1 is 1.16 bits per heavy atom. The molecule has 0 saturated carbocycles. The van der Waals surface area contributed by atoms with Crippen molar-refractivity contribution in [3.05, 3.63) is 35.4 Å². The molecule has 1 aromatic rings. The van der Waals surface area contributed by atoms with E-state index >= 15 is 0 Å². The number of methoxy groups -OCH3 is 1. The second-order valence-electron chi connectivity index (χ2n) is 9.76. The third-order valence-electron chi connectivity index (χ3n) is 6.98. The molecule has 2 heterocycles. The molecule has 11 heteroatoms. The van der Waals surface area contributed by atoms with Gasteiger partial charge in [0.15, 0.2) is 0 Å². The standard InChI is InChI=1S/C26H40F2N4O5/c1-29-16-23(12-18-5-9-36-10-6-18)31-25(33)32-8-3-4-19(17-32)24(37-11-7-30-26(34)35-2)20-13-21(27)15-22(28)14-20/h13-15,18-19,23-24,29H,3-12,16-17H2,1-2H3,(H,30,34)(H,31,33). The maximum atomic E-state index is 14.1. The van der Waals surface area contributed by atoms with E-state index in [1.807, 2.05) is 7.05 Å². The number of carbonyl (C=O) groups is 2. The lowest BCUT2D eigenvalue weighted by Crippen LogP contribution is -2.52. The Morgan fingerprint density at radius 2 is 1.89 bits per heavy atom. The minimum Gasteiger partial charge on any atom is -0.453 e. The van der Waals surface area contributed by atoms with Crippen LogP contribution in [0.5, 0.6) is 0 Å². The van der Waals surface area contributed by atoms with Gasteiger partial charge in [0.1, 0.15) is 11.6 Å². The molecule has 2 fully saturated rings. The van der Waals surface area contributed by atoms with Gasteiger partial charge < -0.3 is 35.1 Å². The van der Waals surface area contributed by atoms with Gasteiger partial charge in [-0.25, -0.2) is 18.4 Å². The zero-order valence-electron chi connectivity index (χ0n) is 21.8. The Morgan fingerprint density at radius 3 is 2.57 bits per heavy atom. The molecule has 2 aliphatic rings. The summed E-state index contributed by atoms with van der Waals surface area (Å²) in [5, 5.41) is 8.89. The van der Waals surface area contributed by atoms with E-state index in [0.717, 1.165) is 51.4 Å². The molecule has 0 aromatic heterocycles. The number of nitrogens with one attached hydrogen (secondary N) is 3. The van der Waals surface area contributed by atoms with Crippen LogP contribution >= 0.6 is 0 Å². The van der Waals surface area contributed by atoms with Crippen molar-refractivity contribution >= 4 is 12.1 Å². The fourth-order valence-corrected chi connectivity index (χ4v) is 5.19. The molecule has 3 atom stereocenters. The lowest BCUT2D eigenvalue weighted by Gasteiger charge is -2.38. The van der Waals surface area contributed by atoms with Crippen molar-refractivity contribution < 1.29 is 32.6 Å². The molecule has 3 N–H and O–H groups in total. The minimum absolute atomic E-state index is 0.00488. The summed E-state index contributed by atoms with van der Waals surface area (Å²) in [6.45, 7) is 3.47. The summed E-state index contributed by atoms with van der Waals surface area (Å²) in [5.41, 5.74) is 0.371. The van der Waals surface area contributed by atoms with Gasteiger partial charge in [0.2, 0.25) is 0 Å². The number of alkyl carbamates (subject to hydrolysis) is 1. The lowest BCUT2D eigenvalue weighted by molar-refractivity contribution is -0.00901. The van der Waals surface area contributed by atoms with Gasteiger partial charge in [-0.15, -0.1) is 0 Å². The van der Waals surface area contributed by atoms with Crippen molar-refractivity contribution in [1.29, 1.82) is 0 Å². The number of nitrogens with zero attached hydrogens (tertiary/aromatic N) is 1. The monoisotopic (exact) mass is 526 g/mol. The molecule has 3 rings (SSSR count). The number of ether oxygens (including phenoxy) is 3. The Balaban J connectivity index is 1.65. The molecule has 37 heavy (non-hydrogen) atoms. The molecular formula is C26H40F2N4O5. The van der Waals surface area contributed by atoms with Crippen LogP contribution in [0.1, 0.15) is 43.8 Å². The first-order chi connectivity index (χ1) is 17.9. The molecule has 1 aromatic carbocycles. The van der Waals surface area contributed by atoms with Crippen molar-refractivity contribution in [2.75, 3.05) is 60.2 Å². The van der Waals surface area contributed by atoms with Crippen molar-refractivity contribution in [2.24, 2.45) is 11.8 Å². The van der Waals surface area contributed by atoms with Crippen molar-refractivity contribution in [2.45, 2.75) is 44.2 Å². The van der Waals surface area contributed by atoms with E-state index in [9.17, 15) is 18.4 Å². The van der Waals surface area contributed by atoms with Gasteiger partial charge in [-0.05, 0) is 62.8 Å². The fourth-order valence-electron chi connectivity index (χ4n) is 5.19. The molecule has 208 valence electrons. The van der Waals surface area contributed by atoms with Crippen LogP contribution in [0.2, 0.25) is 0 Å². The largest absolute Gasteiger partial charge is 0.453 e. The van der Waals surface area contributed by atoms with Crippen molar-refractivity contribution in [1.82, 2.24) is 20.9 Å². The summed E-state index contributed by atoms with van der Waals surface area (Å²) >= 11 is 0. The fraction of sp³-hybridized carbons (Fsp3) is 0.692. The summed E-state index contributed by atoms with van der Waals surface area (Å²) in [7, 11) is 3.13. The number of benzene rings is 1. The van der Waals surface area contributed by atoms with E-state index in [4.69, 9.17) is 9.47 Å². The summed E-state index contributed by atoms with van der Waals surface area (Å²) in [5.74, 6) is -1.03. The van der Waals surface area contributed by atoms with Crippen molar-refractivity contribution in [3.8, 4) is 0 Å². The molecule has 0 bridgehead atoms. The van der Waals surface area contributed by atoms with Gasteiger partial charge in [0.05, 0.1) is 19.8 Å². The van der Waals surface area contributed by atoms with Crippen LogP contribution in [0, 0.1) is 23.5 Å². The van der Waals surface area contributed by atoms with Gasteiger partial charge in [-0.2, -0.15) is 0 Å². The Labute approximate surface area is 217 Å². The smallest absolute Gasteiger partial charge is 0.406 e. The molecular weight excluding hydrogens is 486 g/mol. The number of likely N-dealkylation sites (N-methyl/N-ethyl adjacent to an activating group) is 1. The van der Waals surface area contributed by atoms with Crippen LogP contribution in [0.15, 0.2) is 18.2 Å². The average molecular weight is 527 g/mol. The molecule has 0 radical (unpaired) electrons. The van der Waals surface area contributed by atoms with E-state index < -0.39 is 23.8 Å². The third kappa shape index (κ3) is 9.39. The van der Waals surface area contributed by atoms with Crippen LogP contribution in [-0.2, 0) is 14.2 Å². The maximum Gasteiger partial charge on any atom is 0.406 e. The highest BCUT2D eigenvalue weighted by molar-refractivity contribution is 5.74.